The predicted octanol–water partition coefficient (Wildman–Crippen LogP) is 2.78. The predicted molar refractivity (Wildman–Crippen MR) is 119 cm³/mol. The standard InChI is InChI=1S/C20H24ClN5O3Si/c1-24-18(27)16-17(26(20(24)28)13-29-9-10-30(2,3)4)23-19(21)25(16)12-15-8-6-5-7-14(15)11-22/h5-8H,9-10,12-13H2,1-4H3. The van der Waals surface area contributed by atoms with Gasteiger partial charge in [-0.2, -0.15) is 10.2 Å². The van der Waals surface area contributed by atoms with Crippen LogP contribution in [0.5, 0.6) is 0 Å². The molecule has 0 aliphatic heterocycles. The van der Waals surface area contributed by atoms with Crippen LogP contribution in [-0.2, 0) is 25.1 Å². The van der Waals surface area contributed by atoms with Crippen molar-refractivity contribution in [3.8, 4) is 6.07 Å². The molecule has 30 heavy (non-hydrogen) atoms. The maximum absolute atomic E-state index is 12.9. The van der Waals surface area contributed by atoms with Gasteiger partial charge < -0.3 is 9.30 Å². The van der Waals surface area contributed by atoms with Crippen molar-refractivity contribution < 1.29 is 4.74 Å². The molecule has 0 unspecified atom stereocenters. The molecule has 8 nitrogen and oxygen atoms in total. The van der Waals surface area contributed by atoms with Crippen LogP contribution >= 0.6 is 11.6 Å². The molecule has 0 N–H and O–H groups in total. The largest absolute Gasteiger partial charge is 0.361 e. The molecular formula is C20H24ClN5O3Si. The van der Waals surface area contributed by atoms with Crippen LogP contribution in [0.25, 0.3) is 11.2 Å². The Hall–Kier alpha value is -2.67. The van der Waals surface area contributed by atoms with Gasteiger partial charge in [-0.05, 0) is 29.3 Å². The second-order valence-corrected chi connectivity index (χ2v) is 14.3. The maximum Gasteiger partial charge on any atom is 0.334 e. The van der Waals surface area contributed by atoms with Gasteiger partial charge in [0.2, 0.25) is 5.28 Å². The van der Waals surface area contributed by atoms with Gasteiger partial charge in [-0.25, -0.2) is 4.79 Å². The summed E-state index contributed by atoms with van der Waals surface area (Å²) in [6.07, 6.45) is 0. The number of aromatic nitrogens is 4. The Labute approximate surface area is 179 Å². The minimum absolute atomic E-state index is 0.0178. The summed E-state index contributed by atoms with van der Waals surface area (Å²) in [5.41, 5.74) is 0.545. The zero-order chi connectivity index (χ0) is 22.1. The summed E-state index contributed by atoms with van der Waals surface area (Å²) in [6, 6.07) is 10.2. The van der Waals surface area contributed by atoms with E-state index in [-0.39, 0.29) is 29.7 Å². The van der Waals surface area contributed by atoms with E-state index in [9.17, 15) is 14.9 Å². The number of nitrogens with zero attached hydrogens (tertiary/aromatic N) is 5. The monoisotopic (exact) mass is 445 g/mol. The van der Waals surface area contributed by atoms with Crippen molar-refractivity contribution in [2.24, 2.45) is 7.05 Å². The van der Waals surface area contributed by atoms with Crippen molar-refractivity contribution in [1.82, 2.24) is 18.7 Å². The summed E-state index contributed by atoms with van der Waals surface area (Å²) in [5, 5.41) is 9.42. The van der Waals surface area contributed by atoms with Crippen molar-refractivity contribution in [1.29, 1.82) is 5.26 Å². The number of hydrogen-bond donors (Lipinski definition) is 0. The highest BCUT2D eigenvalue weighted by Gasteiger charge is 2.21. The maximum atomic E-state index is 12.9. The van der Waals surface area contributed by atoms with Crippen LogP contribution in [-0.4, -0.2) is 33.4 Å². The van der Waals surface area contributed by atoms with Gasteiger partial charge in [0, 0.05) is 21.7 Å². The van der Waals surface area contributed by atoms with E-state index in [1.807, 2.05) is 6.07 Å². The molecule has 0 fully saturated rings. The lowest BCUT2D eigenvalue weighted by atomic mass is 10.1. The van der Waals surface area contributed by atoms with E-state index in [4.69, 9.17) is 16.3 Å². The first-order valence-corrected chi connectivity index (χ1v) is 13.6. The fourth-order valence-electron chi connectivity index (χ4n) is 3.06. The third kappa shape index (κ3) is 4.41. The zero-order valence-electron chi connectivity index (χ0n) is 17.5. The van der Waals surface area contributed by atoms with Crippen LogP contribution in [0.2, 0.25) is 31.0 Å². The van der Waals surface area contributed by atoms with Gasteiger partial charge in [-0.3, -0.25) is 13.9 Å². The number of benzene rings is 1. The van der Waals surface area contributed by atoms with E-state index in [2.05, 4.69) is 30.7 Å². The Balaban J connectivity index is 2.06. The van der Waals surface area contributed by atoms with Crippen molar-refractivity contribution in [3.05, 3.63) is 61.5 Å². The highest BCUT2D eigenvalue weighted by atomic mass is 35.5. The van der Waals surface area contributed by atoms with Crippen molar-refractivity contribution >= 4 is 30.8 Å². The smallest absolute Gasteiger partial charge is 0.334 e. The first-order valence-electron chi connectivity index (χ1n) is 9.55. The Morgan fingerprint density at radius 2 is 1.90 bits per heavy atom. The average molecular weight is 446 g/mol. The van der Waals surface area contributed by atoms with Gasteiger partial charge in [0.25, 0.3) is 5.56 Å². The molecule has 158 valence electrons. The Morgan fingerprint density at radius 1 is 1.20 bits per heavy atom. The molecule has 1 aromatic carbocycles. The van der Waals surface area contributed by atoms with Gasteiger partial charge in [-0.1, -0.05) is 37.8 Å². The van der Waals surface area contributed by atoms with Crippen LogP contribution in [0.1, 0.15) is 11.1 Å². The molecule has 2 heterocycles. The normalized spacial score (nSPS) is 11.7. The molecule has 3 aromatic rings. The molecule has 0 amide bonds. The second kappa shape index (κ2) is 8.59. The summed E-state index contributed by atoms with van der Waals surface area (Å²) in [5.74, 6) is 0. The van der Waals surface area contributed by atoms with Crippen molar-refractivity contribution in [3.63, 3.8) is 0 Å². The van der Waals surface area contributed by atoms with Crippen LogP contribution < -0.4 is 11.2 Å². The van der Waals surface area contributed by atoms with Crippen molar-refractivity contribution in [2.75, 3.05) is 6.61 Å². The summed E-state index contributed by atoms with van der Waals surface area (Å²) in [6.45, 7) is 7.42. The molecule has 0 radical (unpaired) electrons. The Bertz CT molecular complexity index is 1250. The van der Waals surface area contributed by atoms with Gasteiger partial charge in [0.1, 0.15) is 6.73 Å². The molecular weight excluding hydrogens is 422 g/mol. The molecule has 3 rings (SSSR count). The first-order chi connectivity index (χ1) is 14.1. The molecule has 0 atom stereocenters. The SMILES string of the molecule is Cn1c(=O)c2c(nc(Cl)n2Cc2ccccc2C#N)n(COCC[Si](C)(C)C)c1=O. The van der Waals surface area contributed by atoms with Crippen LogP contribution in [0.15, 0.2) is 33.9 Å². The van der Waals surface area contributed by atoms with Crippen LogP contribution in [0.4, 0.5) is 0 Å². The third-order valence-electron chi connectivity index (χ3n) is 4.87. The second-order valence-electron chi connectivity index (χ2n) is 8.33. The minimum Gasteiger partial charge on any atom is -0.361 e. The molecule has 0 aliphatic rings. The van der Waals surface area contributed by atoms with E-state index in [1.165, 1.54) is 16.2 Å². The van der Waals surface area contributed by atoms with Crippen molar-refractivity contribution in [2.45, 2.75) is 39.0 Å². The highest BCUT2D eigenvalue weighted by Crippen LogP contribution is 2.20. The molecule has 0 saturated heterocycles. The van der Waals surface area contributed by atoms with Gasteiger partial charge >= 0.3 is 5.69 Å². The number of nitriles is 1. The summed E-state index contributed by atoms with van der Waals surface area (Å²) in [7, 11) is 0.139. The summed E-state index contributed by atoms with van der Waals surface area (Å²) >= 11 is 6.35. The van der Waals surface area contributed by atoms with E-state index in [1.54, 1.807) is 18.2 Å². The number of fused-ring (bicyclic) bond motifs is 1. The molecule has 0 saturated carbocycles. The molecule has 10 heteroatoms. The lowest BCUT2D eigenvalue weighted by Gasteiger charge is -2.16. The zero-order valence-corrected chi connectivity index (χ0v) is 19.2. The summed E-state index contributed by atoms with van der Waals surface area (Å²) in [4.78, 5) is 29.8. The minimum atomic E-state index is -1.27. The third-order valence-corrected chi connectivity index (χ3v) is 6.86. The lowest BCUT2D eigenvalue weighted by molar-refractivity contribution is 0.0857. The Morgan fingerprint density at radius 3 is 2.57 bits per heavy atom. The number of imidazole rings is 1. The van der Waals surface area contributed by atoms with E-state index < -0.39 is 19.3 Å². The summed E-state index contributed by atoms with van der Waals surface area (Å²) < 4.78 is 9.59. The number of ether oxygens (including phenoxy) is 1. The fourth-order valence-corrected chi connectivity index (χ4v) is 4.04. The van der Waals surface area contributed by atoms with E-state index in [0.717, 1.165) is 10.6 Å². The average Bonchev–Trinajstić information content (AvgIpc) is 3.01. The topological polar surface area (TPSA) is 94.8 Å². The lowest BCUT2D eigenvalue weighted by Crippen LogP contribution is -2.39. The van der Waals surface area contributed by atoms with Crippen LogP contribution in [0.3, 0.4) is 0 Å². The quantitative estimate of drug-likeness (QED) is 0.316. The number of hydrogen-bond acceptors (Lipinski definition) is 5. The van der Waals surface area contributed by atoms with E-state index >= 15 is 0 Å². The first kappa shape index (κ1) is 22.0. The van der Waals surface area contributed by atoms with Gasteiger partial charge in [0.15, 0.2) is 11.2 Å². The molecule has 0 spiro atoms. The highest BCUT2D eigenvalue weighted by molar-refractivity contribution is 6.76. The van der Waals surface area contributed by atoms with Gasteiger partial charge in [-0.15, -0.1) is 0 Å². The molecule has 0 bridgehead atoms. The van der Waals surface area contributed by atoms with Gasteiger partial charge in [0.05, 0.1) is 18.2 Å². The molecule has 0 aliphatic carbocycles. The molecule has 2 aromatic heterocycles. The van der Waals surface area contributed by atoms with E-state index in [0.29, 0.717) is 17.7 Å². The van der Waals surface area contributed by atoms with Crippen LogP contribution in [0, 0.1) is 11.3 Å². The fraction of sp³-hybridized carbons (Fsp3) is 0.400. The number of halogens is 1. The number of rotatable bonds is 7. The Kier molecular flexibility index (Phi) is 6.31.